The average Bonchev–Trinajstić information content (AvgIpc) is 2.96. The molecule has 6 rings (SSSR count). The first-order valence-corrected chi connectivity index (χ1v) is 11.5. The number of aromatic nitrogens is 2. The van der Waals surface area contributed by atoms with E-state index in [-0.39, 0.29) is 32.2 Å². The summed E-state index contributed by atoms with van der Waals surface area (Å²) in [4.78, 5) is 8.64. The summed E-state index contributed by atoms with van der Waals surface area (Å²) in [7, 11) is 0. The maximum atomic E-state index is 8.42. The fourth-order valence-corrected chi connectivity index (χ4v) is 3.89. The molecule has 2 nitrogen and oxygen atoms in total. The van der Waals surface area contributed by atoms with Gasteiger partial charge in [-0.1, -0.05) is 84.7 Å². The van der Waals surface area contributed by atoms with Crippen LogP contribution < -0.4 is 0 Å². The summed E-state index contributed by atoms with van der Waals surface area (Å²) in [6.45, 7) is 3.69. The van der Waals surface area contributed by atoms with Crippen LogP contribution in [0.4, 0.5) is 0 Å². The first kappa shape index (κ1) is 21.6. The topological polar surface area (TPSA) is 25.8 Å². The van der Waals surface area contributed by atoms with Crippen molar-refractivity contribution >= 4 is 21.5 Å². The van der Waals surface area contributed by atoms with Crippen molar-refractivity contribution in [2.24, 2.45) is 0 Å². The molecule has 2 aromatic heterocycles. The second-order valence-corrected chi connectivity index (χ2v) is 8.39. The molecule has 0 saturated heterocycles. The van der Waals surface area contributed by atoms with E-state index in [4.69, 9.17) is 4.11 Å². The van der Waals surface area contributed by atoms with Gasteiger partial charge in [0.05, 0.1) is 2.74 Å². The van der Waals surface area contributed by atoms with E-state index in [9.17, 15) is 0 Å². The first-order chi connectivity index (χ1) is 18.3. The van der Waals surface area contributed by atoms with Gasteiger partial charge in [0.25, 0.3) is 0 Å². The van der Waals surface area contributed by atoms with Gasteiger partial charge in [-0.05, 0) is 34.8 Å². The average molecular weight is 646 g/mol. The summed E-state index contributed by atoms with van der Waals surface area (Å²) in [5, 5.41) is 3.38. The molecule has 3 heteroatoms. The van der Waals surface area contributed by atoms with Crippen LogP contribution in [0, 0.1) is 12.1 Å². The van der Waals surface area contributed by atoms with Crippen LogP contribution in [0.25, 0.3) is 44.1 Å². The maximum Gasteiger partial charge on any atom is 0.0629 e. The van der Waals surface area contributed by atoms with Gasteiger partial charge in [-0.15, -0.1) is 65.0 Å². The third kappa shape index (κ3) is 5.76. The van der Waals surface area contributed by atoms with E-state index in [1.807, 2.05) is 105 Å². The number of pyridine rings is 2. The number of rotatable bonds is 3. The summed E-state index contributed by atoms with van der Waals surface area (Å²) in [6, 6.07) is 35.7. The molecule has 179 valence electrons. The second kappa shape index (κ2) is 11.9. The molecule has 2 heterocycles. The summed E-state index contributed by atoms with van der Waals surface area (Å²) in [5.41, 5.74) is 4.38. The van der Waals surface area contributed by atoms with Crippen molar-refractivity contribution in [3.63, 3.8) is 0 Å². The van der Waals surface area contributed by atoms with Crippen molar-refractivity contribution in [3.05, 3.63) is 133 Å². The van der Waals surface area contributed by atoms with Gasteiger partial charge in [0.2, 0.25) is 0 Å². The van der Waals surface area contributed by atoms with Gasteiger partial charge < -0.3 is 9.97 Å². The molecule has 0 spiro atoms. The number of hydrogen-bond acceptors (Lipinski definition) is 2. The van der Waals surface area contributed by atoms with Gasteiger partial charge in [-0.2, -0.15) is 0 Å². The van der Waals surface area contributed by atoms with Crippen LogP contribution in [0.1, 0.15) is 29.4 Å². The smallest absolute Gasteiger partial charge is 0.0629 e. The fraction of sp³-hybridized carbons (Fsp3) is 0.0909. The molecule has 1 radical (unpaired) electrons. The van der Waals surface area contributed by atoms with Crippen LogP contribution in [0.3, 0.4) is 0 Å². The number of fused-ring (bicyclic) bond motifs is 3. The molecule has 0 fully saturated rings. The molecule has 0 aliphatic rings. The predicted molar refractivity (Wildman–Crippen MR) is 146 cm³/mol. The van der Waals surface area contributed by atoms with Gasteiger partial charge >= 0.3 is 0 Å². The zero-order chi connectivity index (χ0) is 26.7. The fourth-order valence-electron chi connectivity index (χ4n) is 3.89. The zero-order valence-corrected chi connectivity index (χ0v) is 22.4. The normalized spacial score (nSPS) is 12.0. The Bertz CT molecular complexity index is 1680. The summed E-state index contributed by atoms with van der Waals surface area (Å²) in [5.74, 6) is -0.709. The SMILES string of the molecule is [2H]c1c([2H])c2ccccc2c2c[c-]c(-c3cc(C([2H])(C)C)ccn3)cc12.[Ir].[c-]1ccccc1-c1ccccn1. The van der Waals surface area contributed by atoms with Crippen molar-refractivity contribution in [2.45, 2.75) is 19.7 Å². The summed E-state index contributed by atoms with van der Waals surface area (Å²) < 4.78 is 25.0. The molecule has 6 aromatic rings. The van der Waals surface area contributed by atoms with Crippen LogP contribution in [0.5, 0.6) is 0 Å². The Labute approximate surface area is 230 Å². The molecule has 0 N–H and O–H groups in total. The van der Waals surface area contributed by atoms with Gasteiger partial charge in [0.1, 0.15) is 0 Å². The van der Waals surface area contributed by atoms with Crippen LogP contribution in [0.2, 0.25) is 0 Å². The predicted octanol–water partition coefficient (Wildman–Crippen LogP) is 8.52. The molecule has 0 bridgehead atoms. The molecule has 0 saturated carbocycles. The van der Waals surface area contributed by atoms with E-state index in [2.05, 4.69) is 22.1 Å². The molecular weight excluding hydrogens is 617 g/mol. The third-order valence-corrected chi connectivity index (χ3v) is 5.76. The van der Waals surface area contributed by atoms with Gasteiger partial charge in [0.15, 0.2) is 0 Å². The van der Waals surface area contributed by atoms with Gasteiger partial charge in [-0.3, -0.25) is 0 Å². The Morgan fingerprint density at radius 3 is 2.28 bits per heavy atom. The first-order valence-electron chi connectivity index (χ1n) is 13.0. The Morgan fingerprint density at radius 2 is 1.50 bits per heavy atom. The molecule has 0 amide bonds. The monoisotopic (exact) mass is 646 g/mol. The Morgan fingerprint density at radius 1 is 0.722 bits per heavy atom. The third-order valence-electron chi connectivity index (χ3n) is 5.76. The molecular formula is C33H26IrN2-2. The quantitative estimate of drug-likeness (QED) is 0.142. The molecule has 0 aliphatic carbocycles. The second-order valence-electron chi connectivity index (χ2n) is 8.39. The number of hydrogen-bond donors (Lipinski definition) is 0. The van der Waals surface area contributed by atoms with E-state index < -0.39 is 5.89 Å². The van der Waals surface area contributed by atoms with E-state index in [1.165, 1.54) is 0 Å². The van der Waals surface area contributed by atoms with Crippen LogP contribution in [-0.4, -0.2) is 9.97 Å². The van der Waals surface area contributed by atoms with Crippen LogP contribution in [0.15, 0.2) is 115 Å². The van der Waals surface area contributed by atoms with Gasteiger partial charge in [0, 0.05) is 33.9 Å². The standard InChI is InChI=1S/C22H18N.C11H8N.Ir/c1-15(2)17-11-12-23-22(14-17)19-9-10-21-18(13-19)8-7-16-5-3-4-6-20(16)21;1-2-6-10(7-3-1)11-8-4-5-9-12-11;/h3-8,10-15H,1-2H3;1-6,8-9H;/q2*-1;/i7D,8D,15D;;. The minimum atomic E-state index is -0.709. The number of nitrogens with zero attached hydrogens (tertiary/aromatic N) is 2. The molecule has 0 unspecified atom stereocenters. The molecule has 0 aliphatic heterocycles. The molecule has 4 aromatic carbocycles. The summed E-state index contributed by atoms with van der Waals surface area (Å²) in [6.07, 6.45) is 3.49. The van der Waals surface area contributed by atoms with E-state index in [0.717, 1.165) is 49.6 Å². The van der Waals surface area contributed by atoms with Crippen molar-refractivity contribution < 1.29 is 24.2 Å². The van der Waals surface area contributed by atoms with Crippen molar-refractivity contribution in [3.8, 4) is 22.5 Å². The van der Waals surface area contributed by atoms with Gasteiger partial charge in [-0.25, -0.2) is 0 Å². The number of benzene rings is 4. The van der Waals surface area contributed by atoms with Crippen molar-refractivity contribution in [1.29, 1.82) is 0 Å². The van der Waals surface area contributed by atoms with Crippen LogP contribution >= 0.6 is 0 Å². The Balaban J connectivity index is 0.000000228. The minimum absolute atomic E-state index is 0. The van der Waals surface area contributed by atoms with Crippen LogP contribution in [-0.2, 0) is 20.1 Å². The molecule has 36 heavy (non-hydrogen) atoms. The van der Waals surface area contributed by atoms with Crippen molar-refractivity contribution in [2.75, 3.05) is 0 Å². The molecule has 0 atom stereocenters. The largest absolute Gasteiger partial charge is 0.305 e. The maximum absolute atomic E-state index is 8.42. The Hall–Kier alpha value is -3.65. The Kier molecular flexibility index (Phi) is 7.12. The summed E-state index contributed by atoms with van der Waals surface area (Å²) >= 11 is 0. The minimum Gasteiger partial charge on any atom is -0.305 e. The zero-order valence-electron chi connectivity index (χ0n) is 23.0. The van der Waals surface area contributed by atoms with E-state index in [0.29, 0.717) is 0 Å². The van der Waals surface area contributed by atoms with E-state index in [1.54, 1.807) is 12.4 Å². The van der Waals surface area contributed by atoms with Crippen molar-refractivity contribution in [1.82, 2.24) is 9.97 Å². The van der Waals surface area contributed by atoms with E-state index >= 15 is 0 Å².